The second kappa shape index (κ2) is 18.1. The fraction of sp³-hybridized carbons (Fsp3) is 0.0606. The van der Waals surface area contributed by atoms with Crippen LogP contribution < -0.4 is 9.80 Å². The molecule has 0 atom stereocenters. The van der Waals surface area contributed by atoms with E-state index in [1.165, 1.54) is 82.5 Å². The van der Waals surface area contributed by atoms with Crippen LogP contribution in [0.3, 0.4) is 0 Å². The van der Waals surface area contributed by atoms with Crippen LogP contribution in [0.2, 0.25) is 0 Å². The van der Waals surface area contributed by atoms with Crippen LogP contribution in [0.15, 0.2) is 261 Å². The topological polar surface area (TPSA) is 6.48 Å². The second-order valence-electron chi connectivity index (χ2n) is 17.8. The number of hydrogen-bond donors (Lipinski definition) is 0. The van der Waals surface area contributed by atoms with Gasteiger partial charge in [0.05, 0.1) is 0 Å². The second-order valence-corrected chi connectivity index (χ2v) is 17.8. The lowest BCUT2D eigenvalue weighted by Crippen LogP contribution is -2.16. The van der Waals surface area contributed by atoms with Crippen molar-refractivity contribution in [2.45, 2.75) is 25.7 Å². The molecule has 0 unspecified atom stereocenters. The molecular formula is C66H50N2. The minimum absolute atomic E-state index is 0.988. The van der Waals surface area contributed by atoms with Gasteiger partial charge in [-0.05, 0) is 181 Å². The monoisotopic (exact) mass is 870 g/mol. The molecule has 0 heterocycles. The van der Waals surface area contributed by atoms with Crippen molar-refractivity contribution in [3.05, 3.63) is 266 Å². The Morgan fingerprint density at radius 2 is 0.882 bits per heavy atom. The predicted molar refractivity (Wildman–Crippen MR) is 291 cm³/mol. The first kappa shape index (κ1) is 41.0. The Bertz CT molecular complexity index is 3530. The third kappa shape index (κ3) is 7.60. The highest BCUT2D eigenvalue weighted by Crippen LogP contribution is 2.50. The summed E-state index contributed by atoms with van der Waals surface area (Å²) in [6.45, 7) is 0. The quantitative estimate of drug-likeness (QED) is 0.126. The lowest BCUT2D eigenvalue weighted by molar-refractivity contribution is 0.997. The van der Waals surface area contributed by atoms with Crippen LogP contribution in [-0.2, 0) is 0 Å². The van der Waals surface area contributed by atoms with E-state index >= 15 is 0 Å². The molecule has 0 N–H and O–H groups in total. The summed E-state index contributed by atoms with van der Waals surface area (Å²) in [5.41, 5.74) is 16.8. The minimum Gasteiger partial charge on any atom is -0.311 e. The Labute approximate surface area is 399 Å². The summed E-state index contributed by atoms with van der Waals surface area (Å²) >= 11 is 0. The van der Waals surface area contributed by atoms with Gasteiger partial charge in [0.15, 0.2) is 0 Å². The van der Waals surface area contributed by atoms with Crippen molar-refractivity contribution in [3.8, 4) is 33.4 Å². The molecule has 0 fully saturated rings. The van der Waals surface area contributed by atoms with E-state index in [1.807, 2.05) is 0 Å². The summed E-state index contributed by atoms with van der Waals surface area (Å²) in [4.78, 5) is 4.76. The van der Waals surface area contributed by atoms with Crippen molar-refractivity contribution in [1.82, 2.24) is 0 Å². The maximum Gasteiger partial charge on any atom is 0.0468 e. The van der Waals surface area contributed by atoms with Crippen molar-refractivity contribution in [1.29, 1.82) is 0 Å². The van der Waals surface area contributed by atoms with Crippen LogP contribution >= 0.6 is 0 Å². The van der Waals surface area contributed by atoms with Gasteiger partial charge in [0.2, 0.25) is 0 Å². The van der Waals surface area contributed by atoms with Crippen molar-refractivity contribution < 1.29 is 0 Å². The molecule has 0 bridgehead atoms. The van der Waals surface area contributed by atoms with Crippen LogP contribution in [0.25, 0.3) is 71.3 Å². The van der Waals surface area contributed by atoms with E-state index in [0.717, 1.165) is 54.1 Å². The zero-order valence-corrected chi connectivity index (χ0v) is 38.0. The molecule has 0 aromatic heterocycles. The smallest absolute Gasteiger partial charge is 0.0468 e. The molecule has 0 saturated heterocycles. The number of fused-ring (bicyclic) bond motifs is 6. The molecule has 2 aliphatic carbocycles. The number of rotatable bonds is 10. The number of para-hydroxylation sites is 3. The molecule has 0 radical (unpaired) electrons. The van der Waals surface area contributed by atoms with Gasteiger partial charge in [-0.15, -0.1) is 0 Å². The van der Waals surface area contributed by atoms with E-state index in [9.17, 15) is 0 Å². The fourth-order valence-corrected chi connectivity index (χ4v) is 10.5. The molecule has 2 heteroatoms. The first-order chi connectivity index (χ1) is 33.8. The molecule has 10 aromatic rings. The summed E-state index contributed by atoms with van der Waals surface area (Å²) in [7, 11) is 0. The highest BCUT2D eigenvalue weighted by Gasteiger charge is 2.24. The van der Waals surface area contributed by atoms with Gasteiger partial charge in [-0.25, -0.2) is 0 Å². The van der Waals surface area contributed by atoms with Crippen LogP contribution in [0.4, 0.5) is 28.4 Å². The van der Waals surface area contributed by atoms with Gasteiger partial charge < -0.3 is 9.80 Å². The van der Waals surface area contributed by atoms with E-state index in [-0.39, 0.29) is 0 Å². The van der Waals surface area contributed by atoms with E-state index in [2.05, 4.69) is 265 Å². The van der Waals surface area contributed by atoms with Crippen molar-refractivity contribution in [2.75, 3.05) is 9.80 Å². The van der Waals surface area contributed by atoms with Gasteiger partial charge in [0, 0.05) is 34.1 Å². The third-order valence-corrected chi connectivity index (χ3v) is 13.7. The standard InChI is InChI=1S/C66H50N2/c1-8-22-48(23-9-1)60-46-61(49-24-10-2-11-25-49)65-58-43-41-57(68(54-32-18-6-19-33-54)55-34-20-7-21-35-55)45-63(58)62-44-51(38-42-59(62)66(65)64(60)50-26-12-3-13-27-50)47-36-39-56(40-37-47)67(52-28-14-4-15-29-52)53-30-16-5-17-31-53/h1-4,6-10,12-16,18-24,26-46H,5,11,17,25H2. The van der Waals surface area contributed by atoms with Crippen LogP contribution in [0, 0.1) is 0 Å². The van der Waals surface area contributed by atoms with Gasteiger partial charge >= 0.3 is 0 Å². The maximum atomic E-state index is 2.50. The first-order valence-corrected chi connectivity index (χ1v) is 24.0. The number of nitrogens with zero attached hydrogens (tertiary/aromatic N) is 2. The largest absolute Gasteiger partial charge is 0.311 e. The molecule has 0 spiro atoms. The molecule has 10 aromatic carbocycles. The summed E-state index contributed by atoms with van der Waals surface area (Å²) in [5.74, 6) is 0. The first-order valence-electron chi connectivity index (χ1n) is 24.0. The molecule has 12 rings (SSSR count). The average Bonchev–Trinajstić information content (AvgIpc) is 3.42. The lowest BCUT2D eigenvalue weighted by atomic mass is 9.80. The number of allylic oxidation sites excluding steroid dienone is 7. The Morgan fingerprint density at radius 3 is 1.50 bits per heavy atom. The van der Waals surface area contributed by atoms with Crippen molar-refractivity contribution >= 4 is 66.3 Å². The zero-order valence-electron chi connectivity index (χ0n) is 38.0. The zero-order chi connectivity index (χ0) is 45.2. The fourth-order valence-electron chi connectivity index (χ4n) is 10.5. The number of benzene rings is 10. The Balaban J connectivity index is 1.15. The number of anilines is 5. The maximum absolute atomic E-state index is 2.50. The molecule has 0 amide bonds. The molecular weight excluding hydrogens is 821 g/mol. The highest BCUT2D eigenvalue weighted by molar-refractivity contribution is 6.32. The van der Waals surface area contributed by atoms with Gasteiger partial charge in [0.25, 0.3) is 0 Å². The van der Waals surface area contributed by atoms with Crippen LogP contribution in [0.1, 0.15) is 31.2 Å². The summed E-state index contributed by atoms with van der Waals surface area (Å²) < 4.78 is 0. The molecule has 2 nitrogen and oxygen atoms in total. The van der Waals surface area contributed by atoms with Gasteiger partial charge in [0.1, 0.15) is 0 Å². The minimum atomic E-state index is 0.988. The number of hydrogen-bond acceptors (Lipinski definition) is 2. The molecule has 2 aliphatic rings. The van der Waals surface area contributed by atoms with Gasteiger partial charge in [-0.2, -0.15) is 0 Å². The normalized spacial score (nSPS) is 13.4. The SMILES string of the molecule is C1=CCCC(c2cc(-c3ccccc3)c(-c3ccccc3)c3c4ccc(-c5ccc(N(C6=CCCC=C6)c6ccccc6)cc5)cc4c4cc(N(c5ccccc5)c5ccccc5)ccc4c23)=C1. The van der Waals surface area contributed by atoms with E-state index in [1.54, 1.807) is 0 Å². The highest BCUT2D eigenvalue weighted by atomic mass is 15.1. The Hall–Kier alpha value is -8.46. The van der Waals surface area contributed by atoms with Gasteiger partial charge in [-0.1, -0.05) is 176 Å². The average molecular weight is 871 g/mol. The van der Waals surface area contributed by atoms with Crippen LogP contribution in [-0.4, -0.2) is 0 Å². The molecule has 68 heavy (non-hydrogen) atoms. The predicted octanol–water partition coefficient (Wildman–Crippen LogP) is 18.7. The van der Waals surface area contributed by atoms with Crippen LogP contribution in [0.5, 0.6) is 0 Å². The summed E-state index contributed by atoms with van der Waals surface area (Å²) in [6.07, 6.45) is 17.9. The third-order valence-electron chi connectivity index (χ3n) is 13.7. The molecule has 0 saturated carbocycles. The van der Waals surface area contributed by atoms with Gasteiger partial charge in [-0.3, -0.25) is 0 Å². The van der Waals surface area contributed by atoms with E-state index < -0.39 is 0 Å². The Morgan fingerprint density at radius 1 is 0.338 bits per heavy atom. The summed E-state index contributed by atoms with van der Waals surface area (Å²) in [5, 5.41) is 7.54. The van der Waals surface area contributed by atoms with E-state index in [0.29, 0.717) is 0 Å². The molecule has 324 valence electrons. The van der Waals surface area contributed by atoms with E-state index in [4.69, 9.17) is 0 Å². The summed E-state index contributed by atoms with van der Waals surface area (Å²) in [6, 6.07) is 80.3. The Kier molecular flexibility index (Phi) is 10.9. The van der Waals surface area contributed by atoms with Crippen molar-refractivity contribution in [3.63, 3.8) is 0 Å². The lowest BCUT2D eigenvalue weighted by Gasteiger charge is -2.28. The molecule has 0 aliphatic heterocycles. The van der Waals surface area contributed by atoms with Crippen molar-refractivity contribution in [2.24, 2.45) is 0 Å².